The Morgan fingerprint density at radius 3 is 2.69 bits per heavy atom. The number of hydrogen-bond acceptors (Lipinski definition) is 5. The molecule has 0 bridgehead atoms. The molecule has 144 valence electrons. The maximum absolute atomic E-state index is 12.0. The zero-order valence-electron chi connectivity index (χ0n) is 16.2. The zero-order valence-corrected chi connectivity index (χ0v) is 16.2. The number of rotatable bonds is 6. The van der Waals surface area contributed by atoms with Gasteiger partial charge >= 0.3 is 6.09 Å². The molecule has 2 atom stereocenters. The minimum atomic E-state index is -0.578. The summed E-state index contributed by atoms with van der Waals surface area (Å²) in [7, 11) is 0. The Bertz CT molecular complexity index is 642. The van der Waals surface area contributed by atoms with Crippen molar-refractivity contribution < 1.29 is 14.5 Å². The van der Waals surface area contributed by atoms with Crippen LogP contribution in [-0.4, -0.2) is 28.9 Å². The van der Waals surface area contributed by atoms with Gasteiger partial charge in [-0.2, -0.15) is 0 Å². The van der Waals surface area contributed by atoms with Crippen LogP contribution < -0.4 is 5.32 Å². The third kappa shape index (κ3) is 6.82. The molecule has 2 unspecified atom stereocenters. The Morgan fingerprint density at radius 1 is 1.54 bits per heavy atom. The van der Waals surface area contributed by atoms with Crippen LogP contribution >= 0.6 is 0 Å². The molecule has 0 heterocycles. The Balaban J connectivity index is 3.16. The number of ether oxygens (including phenoxy) is 1. The van der Waals surface area contributed by atoms with Crippen LogP contribution in [-0.2, 0) is 4.74 Å². The first-order chi connectivity index (χ1) is 12.1. The standard InChI is InChI=1S/C19H29N3O4/c1-7-16(17(22(24)25)12-20-8-2)14-9-13(3)10-15(11-14)21-18(23)26-19(4,5)6/h8,11-13,15H,2,7,9-10H2,1,3-6H3,(H,21,23)/b17-16-,20-12?. The second kappa shape index (κ2) is 9.31. The highest BCUT2D eigenvalue weighted by molar-refractivity contribution is 5.78. The van der Waals surface area contributed by atoms with Gasteiger partial charge in [-0.3, -0.25) is 15.1 Å². The molecule has 1 aliphatic carbocycles. The molecule has 1 N–H and O–H groups in total. The van der Waals surface area contributed by atoms with Crippen LogP contribution in [0.25, 0.3) is 0 Å². The number of allylic oxidation sites excluding steroid dienone is 3. The molecule has 7 heteroatoms. The van der Waals surface area contributed by atoms with E-state index in [-0.39, 0.29) is 17.7 Å². The highest BCUT2D eigenvalue weighted by Crippen LogP contribution is 2.31. The van der Waals surface area contributed by atoms with Crippen molar-refractivity contribution in [2.24, 2.45) is 10.9 Å². The van der Waals surface area contributed by atoms with Gasteiger partial charge < -0.3 is 10.1 Å². The highest BCUT2D eigenvalue weighted by atomic mass is 16.6. The zero-order chi connectivity index (χ0) is 19.9. The van der Waals surface area contributed by atoms with Crippen molar-refractivity contribution in [1.82, 2.24) is 5.32 Å². The average molecular weight is 363 g/mol. The summed E-state index contributed by atoms with van der Waals surface area (Å²) in [5, 5.41) is 14.3. The van der Waals surface area contributed by atoms with Crippen molar-refractivity contribution in [2.75, 3.05) is 0 Å². The van der Waals surface area contributed by atoms with E-state index in [1.54, 1.807) is 20.8 Å². The molecule has 1 aliphatic rings. The first kappa shape index (κ1) is 21.6. The van der Waals surface area contributed by atoms with Crippen LogP contribution in [0.15, 0.2) is 40.7 Å². The van der Waals surface area contributed by atoms with Crippen LogP contribution in [0.4, 0.5) is 4.79 Å². The van der Waals surface area contributed by atoms with E-state index >= 15 is 0 Å². The van der Waals surface area contributed by atoms with Gasteiger partial charge in [-0.1, -0.05) is 26.5 Å². The molecule has 0 saturated heterocycles. The lowest BCUT2D eigenvalue weighted by Gasteiger charge is -2.29. The summed E-state index contributed by atoms with van der Waals surface area (Å²) in [4.78, 5) is 26.9. The fourth-order valence-electron chi connectivity index (χ4n) is 2.99. The molecule has 1 rings (SSSR count). The van der Waals surface area contributed by atoms with Crippen LogP contribution in [0, 0.1) is 16.0 Å². The quantitative estimate of drug-likeness (QED) is 0.430. The van der Waals surface area contributed by atoms with E-state index in [2.05, 4.69) is 23.8 Å². The Kier molecular flexibility index (Phi) is 7.74. The van der Waals surface area contributed by atoms with E-state index in [0.717, 1.165) is 18.4 Å². The van der Waals surface area contributed by atoms with Crippen molar-refractivity contribution in [3.05, 3.63) is 45.8 Å². The number of alkyl carbamates (subject to hydrolysis) is 1. The molecule has 0 aromatic rings. The van der Waals surface area contributed by atoms with Gasteiger partial charge in [0.2, 0.25) is 0 Å². The predicted octanol–water partition coefficient (Wildman–Crippen LogP) is 4.39. The molecule has 0 radical (unpaired) electrons. The average Bonchev–Trinajstić information content (AvgIpc) is 2.48. The first-order valence-electron chi connectivity index (χ1n) is 8.79. The molecule has 7 nitrogen and oxygen atoms in total. The molecule has 0 spiro atoms. The van der Waals surface area contributed by atoms with E-state index in [4.69, 9.17) is 4.74 Å². The number of hydrogen-bond donors (Lipinski definition) is 1. The normalized spacial score (nSPS) is 21.7. The van der Waals surface area contributed by atoms with Crippen molar-refractivity contribution in [3.8, 4) is 0 Å². The largest absolute Gasteiger partial charge is 0.444 e. The van der Waals surface area contributed by atoms with E-state index in [9.17, 15) is 14.9 Å². The van der Waals surface area contributed by atoms with Crippen LogP contribution in [0.1, 0.15) is 53.9 Å². The summed E-state index contributed by atoms with van der Waals surface area (Å²) in [6.07, 6.45) is 5.87. The van der Waals surface area contributed by atoms with E-state index in [1.807, 2.05) is 13.0 Å². The third-order valence-corrected chi connectivity index (χ3v) is 3.88. The van der Waals surface area contributed by atoms with Gasteiger partial charge in [0.25, 0.3) is 5.70 Å². The minimum Gasteiger partial charge on any atom is -0.444 e. The van der Waals surface area contributed by atoms with Gasteiger partial charge in [0.15, 0.2) is 0 Å². The smallest absolute Gasteiger partial charge is 0.408 e. The minimum absolute atomic E-state index is 0.0382. The monoisotopic (exact) mass is 363 g/mol. The van der Waals surface area contributed by atoms with Gasteiger partial charge in [-0.05, 0) is 51.5 Å². The van der Waals surface area contributed by atoms with Gasteiger partial charge in [0.05, 0.1) is 11.0 Å². The van der Waals surface area contributed by atoms with Gasteiger partial charge in [0, 0.05) is 11.8 Å². The number of nitrogens with one attached hydrogen (secondary N) is 1. The van der Waals surface area contributed by atoms with Crippen LogP contribution in [0.5, 0.6) is 0 Å². The maximum Gasteiger partial charge on any atom is 0.408 e. The van der Waals surface area contributed by atoms with Crippen LogP contribution in [0.3, 0.4) is 0 Å². The van der Waals surface area contributed by atoms with Gasteiger partial charge in [-0.25, -0.2) is 4.79 Å². The fourth-order valence-corrected chi connectivity index (χ4v) is 2.99. The molecular formula is C19H29N3O4. The number of aliphatic imine (C=N–C) groups is 1. The Morgan fingerprint density at radius 2 is 2.19 bits per heavy atom. The highest BCUT2D eigenvalue weighted by Gasteiger charge is 2.27. The lowest BCUT2D eigenvalue weighted by molar-refractivity contribution is -0.415. The van der Waals surface area contributed by atoms with E-state index in [0.29, 0.717) is 12.0 Å². The number of carbonyl (C=O) groups is 1. The second-order valence-corrected chi connectivity index (χ2v) is 7.42. The number of carbonyl (C=O) groups excluding carboxylic acids is 1. The summed E-state index contributed by atoms with van der Waals surface area (Å²) in [6, 6.07) is -0.227. The summed E-state index contributed by atoms with van der Waals surface area (Å²) in [5.74, 6) is 0.279. The first-order valence-corrected chi connectivity index (χ1v) is 8.79. The van der Waals surface area contributed by atoms with Crippen molar-refractivity contribution in [1.29, 1.82) is 0 Å². The van der Waals surface area contributed by atoms with Gasteiger partial charge in [0.1, 0.15) is 11.8 Å². The van der Waals surface area contributed by atoms with E-state index in [1.165, 1.54) is 12.4 Å². The maximum atomic E-state index is 12.0. The molecule has 0 aliphatic heterocycles. The summed E-state index contributed by atoms with van der Waals surface area (Å²) in [6.45, 7) is 12.8. The summed E-state index contributed by atoms with van der Waals surface area (Å²) in [5.41, 5.74) is 0.882. The van der Waals surface area contributed by atoms with Crippen molar-refractivity contribution in [2.45, 2.75) is 65.5 Å². The molecule has 26 heavy (non-hydrogen) atoms. The van der Waals surface area contributed by atoms with Crippen molar-refractivity contribution in [3.63, 3.8) is 0 Å². The van der Waals surface area contributed by atoms with E-state index < -0.39 is 16.6 Å². The molecular weight excluding hydrogens is 334 g/mol. The predicted molar refractivity (Wildman–Crippen MR) is 103 cm³/mol. The lowest BCUT2D eigenvalue weighted by Crippen LogP contribution is -2.40. The summed E-state index contributed by atoms with van der Waals surface area (Å²) >= 11 is 0. The molecule has 0 saturated carbocycles. The molecule has 1 amide bonds. The Hall–Kier alpha value is -2.44. The Labute approximate surface area is 155 Å². The number of nitrogens with zero attached hydrogens (tertiary/aromatic N) is 2. The van der Waals surface area contributed by atoms with Crippen molar-refractivity contribution >= 4 is 12.3 Å². The second-order valence-electron chi connectivity index (χ2n) is 7.42. The number of nitro groups is 1. The third-order valence-electron chi connectivity index (χ3n) is 3.88. The van der Waals surface area contributed by atoms with Crippen LogP contribution in [0.2, 0.25) is 0 Å². The SMILES string of the molecule is C=CN=C/C(=C(\CC)C1=CC(NC(=O)OC(C)(C)C)CC(C)C1)[N+](=O)[O-]. The van der Waals surface area contributed by atoms with Gasteiger partial charge in [-0.15, -0.1) is 0 Å². The summed E-state index contributed by atoms with van der Waals surface area (Å²) < 4.78 is 5.30. The lowest BCUT2D eigenvalue weighted by atomic mass is 9.83. The topological polar surface area (TPSA) is 93.8 Å². The molecule has 0 aromatic heterocycles. The molecule has 0 aromatic carbocycles. The fraction of sp³-hybridized carbons (Fsp3) is 0.579. The molecule has 0 fully saturated rings. The number of amides is 1.